The zero-order chi connectivity index (χ0) is 19.2. The van der Waals surface area contributed by atoms with Crippen molar-refractivity contribution in [1.82, 2.24) is 14.9 Å². The zero-order valence-electron chi connectivity index (χ0n) is 16.5. The predicted octanol–water partition coefficient (Wildman–Crippen LogP) is 4.75. The van der Waals surface area contributed by atoms with Crippen LogP contribution in [0.5, 0.6) is 0 Å². The Morgan fingerprint density at radius 1 is 1.15 bits per heavy atom. The molecule has 0 radical (unpaired) electrons. The number of amides is 1. The summed E-state index contributed by atoms with van der Waals surface area (Å²) in [5.41, 5.74) is 4.02. The number of rotatable bonds is 8. The fourth-order valence-corrected chi connectivity index (χ4v) is 3.33. The van der Waals surface area contributed by atoms with Crippen LogP contribution in [0.4, 0.5) is 0 Å². The van der Waals surface area contributed by atoms with E-state index < -0.39 is 0 Å². The lowest BCUT2D eigenvalue weighted by Crippen LogP contribution is -2.25. The van der Waals surface area contributed by atoms with Gasteiger partial charge < -0.3 is 9.88 Å². The van der Waals surface area contributed by atoms with E-state index in [1.54, 1.807) is 0 Å². The maximum atomic E-state index is 12.3. The number of aromatic nitrogens is 2. The molecule has 0 bridgehead atoms. The second-order valence-corrected chi connectivity index (χ2v) is 7.32. The van der Waals surface area contributed by atoms with Crippen LogP contribution in [-0.2, 0) is 13.0 Å². The van der Waals surface area contributed by atoms with E-state index in [9.17, 15) is 4.79 Å². The van der Waals surface area contributed by atoms with Crippen molar-refractivity contribution in [3.8, 4) is 0 Å². The molecular weight excluding hydrogens is 334 g/mol. The van der Waals surface area contributed by atoms with Crippen molar-refractivity contribution in [1.29, 1.82) is 0 Å². The molecule has 1 heterocycles. The van der Waals surface area contributed by atoms with Crippen LogP contribution in [0, 0.1) is 12.8 Å². The van der Waals surface area contributed by atoms with Gasteiger partial charge >= 0.3 is 0 Å². The first kappa shape index (κ1) is 19.2. The first-order chi connectivity index (χ1) is 13.1. The van der Waals surface area contributed by atoms with Crippen molar-refractivity contribution in [2.24, 2.45) is 5.92 Å². The van der Waals surface area contributed by atoms with Gasteiger partial charge in [-0.05, 0) is 43.0 Å². The van der Waals surface area contributed by atoms with E-state index in [1.807, 2.05) is 37.3 Å². The summed E-state index contributed by atoms with van der Waals surface area (Å²) in [5, 5.41) is 3.04. The van der Waals surface area contributed by atoms with Gasteiger partial charge in [0, 0.05) is 25.1 Å². The van der Waals surface area contributed by atoms with E-state index in [0.717, 1.165) is 48.3 Å². The molecule has 0 fully saturated rings. The molecule has 1 aromatic heterocycles. The van der Waals surface area contributed by atoms with Crippen LogP contribution in [0.15, 0.2) is 48.5 Å². The second kappa shape index (κ2) is 8.85. The van der Waals surface area contributed by atoms with Gasteiger partial charge in [-0.2, -0.15) is 0 Å². The van der Waals surface area contributed by atoms with Gasteiger partial charge in [-0.1, -0.05) is 50.6 Å². The zero-order valence-corrected chi connectivity index (χ0v) is 16.5. The minimum atomic E-state index is 0.00112. The largest absolute Gasteiger partial charge is 0.352 e. The van der Waals surface area contributed by atoms with Crippen LogP contribution in [0.2, 0.25) is 0 Å². The van der Waals surface area contributed by atoms with Crippen LogP contribution in [0.25, 0.3) is 11.0 Å². The minimum absolute atomic E-state index is 0.00112. The second-order valence-electron chi connectivity index (χ2n) is 7.32. The number of para-hydroxylation sites is 2. The maximum Gasteiger partial charge on any atom is 0.251 e. The van der Waals surface area contributed by atoms with E-state index >= 15 is 0 Å². The Bertz CT molecular complexity index is 913. The summed E-state index contributed by atoms with van der Waals surface area (Å²) in [4.78, 5) is 17.2. The summed E-state index contributed by atoms with van der Waals surface area (Å²) in [6.07, 6.45) is 2.89. The highest BCUT2D eigenvalue weighted by Crippen LogP contribution is 2.19. The molecule has 3 rings (SSSR count). The average molecular weight is 364 g/mol. The fourth-order valence-electron chi connectivity index (χ4n) is 3.33. The molecule has 0 aliphatic heterocycles. The molecule has 0 aliphatic rings. The average Bonchev–Trinajstić information content (AvgIpc) is 3.02. The molecule has 0 saturated carbocycles. The minimum Gasteiger partial charge on any atom is -0.352 e. The third-order valence-corrected chi connectivity index (χ3v) is 5.18. The quantitative estimate of drug-likeness (QED) is 0.587. The summed E-state index contributed by atoms with van der Waals surface area (Å²) in [7, 11) is 0. The topological polar surface area (TPSA) is 46.9 Å². The lowest BCUT2D eigenvalue weighted by molar-refractivity contribution is 0.0952. The molecule has 4 nitrogen and oxygen atoms in total. The standard InChI is InChI=1S/C23H29N3O/c1-4-17(2)16-26-21-13-8-7-12-20(21)25-22(26)14-9-15-24-23(27)19-11-6-5-10-18(19)3/h5-8,10-13,17H,4,9,14-16H2,1-3H3,(H,24,27). The van der Waals surface area contributed by atoms with Crippen LogP contribution >= 0.6 is 0 Å². The maximum absolute atomic E-state index is 12.3. The molecule has 1 atom stereocenters. The van der Waals surface area contributed by atoms with Gasteiger partial charge in [0.1, 0.15) is 5.82 Å². The smallest absolute Gasteiger partial charge is 0.251 e. The summed E-state index contributed by atoms with van der Waals surface area (Å²) >= 11 is 0. The Kier molecular flexibility index (Phi) is 6.28. The number of imidazole rings is 1. The first-order valence-electron chi connectivity index (χ1n) is 9.88. The first-order valence-corrected chi connectivity index (χ1v) is 9.88. The predicted molar refractivity (Wildman–Crippen MR) is 111 cm³/mol. The van der Waals surface area contributed by atoms with E-state index in [2.05, 4.69) is 41.9 Å². The number of hydrogen-bond donors (Lipinski definition) is 1. The Morgan fingerprint density at radius 2 is 1.89 bits per heavy atom. The number of aryl methyl sites for hydroxylation is 2. The molecule has 1 amide bonds. The van der Waals surface area contributed by atoms with Crippen molar-refractivity contribution < 1.29 is 4.79 Å². The molecular formula is C23H29N3O. The Morgan fingerprint density at radius 3 is 2.67 bits per heavy atom. The van der Waals surface area contributed by atoms with Crippen LogP contribution in [-0.4, -0.2) is 22.0 Å². The molecule has 1 unspecified atom stereocenters. The van der Waals surface area contributed by atoms with Crippen LogP contribution in [0.3, 0.4) is 0 Å². The van der Waals surface area contributed by atoms with Crippen LogP contribution in [0.1, 0.15) is 48.4 Å². The summed E-state index contributed by atoms with van der Waals surface area (Å²) in [5.74, 6) is 1.73. The van der Waals surface area contributed by atoms with Gasteiger partial charge in [-0.3, -0.25) is 4.79 Å². The summed E-state index contributed by atoms with van der Waals surface area (Å²) < 4.78 is 2.35. The lowest BCUT2D eigenvalue weighted by Gasteiger charge is -2.14. The number of benzene rings is 2. The molecule has 3 aromatic rings. The summed E-state index contributed by atoms with van der Waals surface area (Å²) in [6, 6.07) is 16.0. The molecule has 27 heavy (non-hydrogen) atoms. The number of carbonyl (C=O) groups excluding carboxylic acids is 1. The number of carbonyl (C=O) groups is 1. The summed E-state index contributed by atoms with van der Waals surface area (Å²) in [6.45, 7) is 8.11. The molecule has 1 N–H and O–H groups in total. The van der Waals surface area contributed by atoms with Gasteiger partial charge in [-0.25, -0.2) is 4.98 Å². The Hall–Kier alpha value is -2.62. The Labute approximate surface area is 161 Å². The highest BCUT2D eigenvalue weighted by atomic mass is 16.1. The van der Waals surface area contributed by atoms with E-state index in [4.69, 9.17) is 4.98 Å². The molecule has 142 valence electrons. The van der Waals surface area contributed by atoms with Gasteiger partial charge in [0.15, 0.2) is 0 Å². The third-order valence-electron chi connectivity index (χ3n) is 5.18. The third kappa shape index (κ3) is 4.57. The van der Waals surface area contributed by atoms with Crippen molar-refractivity contribution in [3.05, 3.63) is 65.5 Å². The van der Waals surface area contributed by atoms with Crippen molar-refractivity contribution in [3.63, 3.8) is 0 Å². The number of nitrogens with one attached hydrogen (secondary N) is 1. The van der Waals surface area contributed by atoms with E-state index in [-0.39, 0.29) is 5.91 Å². The van der Waals surface area contributed by atoms with E-state index in [1.165, 1.54) is 5.52 Å². The molecule has 0 saturated heterocycles. The number of fused-ring (bicyclic) bond motifs is 1. The van der Waals surface area contributed by atoms with Crippen molar-refractivity contribution in [2.75, 3.05) is 6.54 Å². The monoisotopic (exact) mass is 363 g/mol. The number of nitrogens with zero attached hydrogens (tertiary/aromatic N) is 2. The highest BCUT2D eigenvalue weighted by Gasteiger charge is 2.13. The fraction of sp³-hybridized carbons (Fsp3) is 0.391. The van der Waals surface area contributed by atoms with Crippen molar-refractivity contribution >= 4 is 16.9 Å². The molecule has 2 aromatic carbocycles. The van der Waals surface area contributed by atoms with E-state index in [0.29, 0.717) is 12.5 Å². The van der Waals surface area contributed by atoms with Gasteiger partial charge in [0.05, 0.1) is 11.0 Å². The lowest BCUT2D eigenvalue weighted by atomic mass is 10.1. The normalized spacial score (nSPS) is 12.3. The molecule has 0 spiro atoms. The van der Waals surface area contributed by atoms with Crippen molar-refractivity contribution in [2.45, 2.75) is 46.6 Å². The highest BCUT2D eigenvalue weighted by molar-refractivity contribution is 5.95. The van der Waals surface area contributed by atoms with Crippen LogP contribution < -0.4 is 5.32 Å². The van der Waals surface area contributed by atoms with Gasteiger partial charge in [0.2, 0.25) is 0 Å². The number of hydrogen-bond acceptors (Lipinski definition) is 2. The molecule has 4 heteroatoms. The SMILES string of the molecule is CCC(C)Cn1c(CCCNC(=O)c2ccccc2C)nc2ccccc21. The Balaban J connectivity index is 1.64. The van der Waals surface area contributed by atoms with Gasteiger partial charge in [0.25, 0.3) is 5.91 Å². The van der Waals surface area contributed by atoms with Gasteiger partial charge in [-0.15, -0.1) is 0 Å². The molecule has 0 aliphatic carbocycles.